The number of hydrogen-bond donors (Lipinski definition) is 1. The Bertz CT molecular complexity index is 473. The van der Waals surface area contributed by atoms with E-state index in [1.165, 1.54) is 0 Å². The van der Waals surface area contributed by atoms with E-state index in [2.05, 4.69) is 0 Å². The molecule has 0 radical (unpaired) electrons. The summed E-state index contributed by atoms with van der Waals surface area (Å²) in [5, 5.41) is 1.58. The van der Waals surface area contributed by atoms with Gasteiger partial charge in [0.05, 0.1) is 5.02 Å². The van der Waals surface area contributed by atoms with Crippen LogP contribution in [0.3, 0.4) is 0 Å². The summed E-state index contributed by atoms with van der Waals surface area (Å²) < 4.78 is 5.45. The summed E-state index contributed by atoms with van der Waals surface area (Å²) in [7, 11) is 0. The first kappa shape index (κ1) is 8.45. The number of aryl methyl sites for hydroxylation is 2. The molecule has 2 nitrogen and oxygen atoms in total. The maximum Gasteiger partial charge on any atom is 0.153 e. The fraction of sp³-hybridized carbons (Fsp3) is 0.200. The highest BCUT2D eigenvalue weighted by molar-refractivity contribution is 6.35. The van der Waals surface area contributed by atoms with E-state index in [0.29, 0.717) is 10.7 Å². The molecule has 13 heavy (non-hydrogen) atoms. The Kier molecular flexibility index (Phi) is 1.74. The van der Waals surface area contributed by atoms with Crippen molar-refractivity contribution in [1.29, 1.82) is 0 Å². The normalized spacial score (nSPS) is 11.0. The first-order valence-electron chi connectivity index (χ1n) is 4.04. The van der Waals surface area contributed by atoms with Gasteiger partial charge < -0.3 is 10.2 Å². The van der Waals surface area contributed by atoms with E-state index in [9.17, 15) is 0 Å². The van der Waals surface area contributed by atoms with Crippen LogP contribution in [0.1, 0.15) is 11.3 Å². The van der Waals surface area contributed by atoms with Crippen molar-refractivity contribution in [2.24, 2.45) is 0 Å². The predicted molar refractivity (Wildman–Crippen MR) is 55.1 cm³/mol. The van der Waals surface area contributed by atoms with Gasteiger partial charge in [0.15, 0.2) is 5.58 Å². The van der Waals surface area contributed by atoms with Gasteiger partial charge in [0.25, 0.3) is 0 Å². The van der Waals surface area contributed by atoms with Crippen LogP contribution in [0.2, 0.25) is 5.02 Å². The van der Waals surface area contributed by atoms with Gasteiger partial charge >= 0.3 is 0 Å². The topological polar surface area (TPSA) is 39.2 Å². The van der Waals surface area contributed by atoms with Gasteiger partial charge in [-0.15, -0.1) is 0 Å². The molecule has 1 aromatic carbocycles. The number of rotatable bonds is 0. The highest BCUT2D eigenvalue weighted by Gasteiger charge is 2.09. The maximum absolute atomic E-state index is 5.97. The number of anilines is 1. The van der Waals surface area contributed by atoms with E-state index < -0.39 is 0 Å². The highest BCUT2D eigenvalue weighted by Crippen LogP contribution is 2.32. The summed E-state index contributed by atoms with van der Waals surface area (Å²) in [6, 6.07) is 3.68. The van der Waals surface area contributed by atoms with Crippen molar-refractivity contribution in [3.05, 3.63) is 28.5 Å². The molecule has 0 fully saturated rings. The van der Waals surface area contributed by atoms with Crippen LogP contribution < -0.4 is 5.73 Å². The first-order chi connectivity index (χ1) is 6.09. The van der Waals surface area contributed by atoms with Crippen molar-refractivity contribution in [3.63, 3.8) is 0 Å². The zero-order valence-electron chi connectivity index (χ0n) is 7.52. The fourth-order valence-electron chi connectivity index (χ4n) is 1.44. The molecule has 0 aliphatic rings. The minimum Gasteiger partial charge on any atom is -0.460 e. The zero-order valence-corrected chi connectivity index (χ0v) is 8.27. The van der Waals surface area contributed by atoms with Gasteiger partial charge in [0.1, 0.15) is 5.76 Å². The molecule has 0 saturated carbocycles. The lowest BCUT2D eigenvalue weighted by Crippen LogP contribution is -1.89. The summed E-state index contributed by atoms with van der Waals surface area (Å²) in [5.41, 5.74) is 8.23. The summed E-state index contributed by atoms with van der Waals surface area (Å²) >= 11 is 5.97. The minimum atomic E-state index is 0.575. The Morgan fingerprint density at radius 3 is 2.69 bits per heavy atom. The summed E-state index contributed by atoms with van der Waals surface area (Å²) in [4.78, 5) is 0. The molecule has 0 aliphatic heterocycles. The molecule has 3 heteroatoms. The van der Waals surface area contributed by atoms with Gasteiger partial charge in [-0.3, -0.25) is 0 Å². The van der Waals surface area contributed by atoms with Crippen molar-refractivity contribution in [2.45, 2.75) is 13.8 Å². The molecule has 68 valence electrons. The molecule has 2 rings (SSSR count). The number of fused-ring (bicyclic) bond motifs is 1. The number of halogens is 1. The molecule has 0 amide bonds. The second-order valence-corrected chi connectivity index (χ2v) is 3.58. The number of nitrogens with two attached hydrogens (primary N) is 1. The van der Waals surface area contributed by atoms with Gasteiger partial charge in [0, 0.05) is 11.1 Å². The van der Waals surface area contributed by atoms with E-state index >= 15 is 0 Å². The molecule has 2 N–H and O–H groups in total. The van der Waals surface area contributed by atoms with Crippen molar-refractivity contribution in [2.75, 3.05) is 5.73 Å². The number of benzene rings is 1. The lowest BCUT2D eigenvalue weighted by molar-refractivity contribution is 0.578. The van der Waals surface area contributed by atoms with Crippen molar-refractivity contribution < 1.29 is 4.42 Å². The third-order valence-electron chi connectivity index (χ3n) is 2.19. The molecule has 0 atom stereocenters. The van der Waals surface area contributed by atoms with E-state index in [0.717, 1.165) is 22.3 Å². The largest absolute Gasteiger partial charge is 0.460 e. The second-order valence-electron chi connectivity index (χ2n) is 3.17. The van der Waals surface area contributed by atoms with Crippen LogP contribution in [0, 0.1) is 13.8 Å². The molecule has 1 aromatic heterocycles. The van der Waals surface area contributed by atoms with E-state index in [1.54, 1.807) is 6.07 Å². The SMILES string of the molecule is Cc1cc2c(C)c(N)cc(Cl)c2o1. The minimum absolute atomic E-state index is 0.575. The molecule has 0 saturated heterocycles. The molecular formula is C10H10ClNO. The summed E-state index contributed by atoms with van der Waals surface area (Å²) in [5.74, 6) is 0.852. The Morgan fingerprint density at radius 2 is 2.00 bits per heavy atom. The standard InChI is InChI=1S/C10H10ClNO/c1-5-3-7-6(2)9(12)4-8(11)10(7)13-5/h3-4H,12H2,1-2H3. The second kappa shape index (κ2) is 2.67. The quantitative estimate of drug-likeness (QED) is 0.656. The first-order valence-corrected chi connectivity index (χ1v) is 4.42. The third kappa shape index (κ3) is 1.18. The molecule has 0 aliphatic carbocycles. The molecule has 0 spiro atoms. The van der Waals surface area contributed by atoms with Gasteiger partial charge in [0.2, 0.25) is 0 Å². The smallest absolute Gasteiger partial charge is 0.153 e. The Hall–Kier alpha value is -1.15. The summed E-state index contributed by atoms with van der Waals surface area (Å²) in [6.07, 6.45) is 0. The monoisotopic (exact) mass is 195 g/mol. The predicted octanol–water partition coefficient (Wildman–Crippen LogP) is 3.29. The summed E-state index contributed by atoms with van der Waals surface area (Å²) in [6.45, 7) is 3.86. The van der Waals surface area contributed by atoms with Gasteiger partial charge in [-0.25, -0.2) is 0 Å². The molecular weight excluding hydrogens is 186 g/mol. The number of hydrogen-bond acceptors (Lipinski definition) is 2. The molecule has 0 bridgehead atoms. The van der Waals surface area contributed by atoms with Crippen LogP contribution >= 0.6 is 11.6 Å². The van der Waals surface area contributed by atoms with Gasteiger partial charge in [-0.2, -0.15) is 0 Å². The van der Waals surface area contributed by atoms with Crippen LogP contribution in [-0.2, 0) is 0 Å². The Balaban J connectivity index is 2.95. The van der Waals surface area contributed by atoms with E-state index in [4.69, 9.17) is 21.8 Å². The number of nitrogen functional groups attached to an aromatic ring is 1. The van der Waals surface area contributed by atoms with Crippen LogP contribution in [-0.4, -0.2) is 0 Å². The average molecular weight is 196 g/mol. The van der Waals surface area contributed by atoms with Gasteiger partial charge in [-0.05, 0) is 31.5 Å². The van der Waals surface area contributed by atoms with Crippen LogP contribution in [0.25, 0.3) is 11.0 Å². The molecule has 0 unspecified atom stereocenters. The van der Waals surface area contributed by atoms with Crippen LogP contribution in [0.4, 0.5) is 5.69 Å². The number of furan rings is 1. The van der Waals surface area contributed by atoms with Crippen LogP contribution in [0.15, 0.2) is 16.5 Å². The van der Waals surface area contributed by atoms with Crippen molar-refractivity contribution in [1.82, 2.24) is 0 Å². The fourth-order valence-corrected chi connectivity index (χ4v) is 1.69. The van der Waals surface area contributed by atoms with Gasteiger partial charge in [-0.1, -0.05) is 11.6 Å². The van der Waals surface area contributed by atoms with E-state index in [1.807, 2.05) is 19.9 Å². The van der Waals surface area contributed by atoms with Crippen molar-refractivity contribution in [3.8, 4) is 0 Å². The molecule has 2 aromatic rings. The Morgan fingerprint density at radius 1 is 1.31 bits per heavy atom. The molecule has 1 heterocycles. The average Bonchev–Trinajstić information content (AvgIpc) is 2.44. The lowest BCUT2D eigenvalue weighted by Gasteiger charge is -2.01. The lowest BCUT2D eigenvalue weighted by atomic mass is 10.1. The van der Waals surface area contributed by atoms with E-state index in [-0.39, 0.29) is 0 Å². The van der Waals surface area contributed by atoms with Crippen molar-refractivity contribution >= 4 is 28.3 Å². The zero-order chi connectivity index (χ0) is 9.59. The Labute approximate surface area is 81.3 Å². The van der Waals surface area contributed by atoms with Crippen LogP contribution in [0.5, 0.6) is 0 Å². The third-order valence-corrected chi connectivity index (χ3v) is 2.47. The maximum atomic E-state index is 5.97. The highest BCUT2D eigenvalue weighted by atomic mass is 35.5.